The fraction of sp³-hybridized carbons (Fsp3) is 0.308. The van der Waals surface area contributed by atoms with Crippen LogP contribution in [0, 0.1) is 0 Å². The van der Waals surface area contributed by atoms with E-state index in [1.165, 1.54) is 0 Å². The van der Waals surface area contributed by atoms with E-state index in [1.54, 1.807) is 30.0 Å². The van der Waals surface area contributed by atoms with E-state index < -0.39 is 0 Å². The van der Waals surface area contributed by atoms with Crippen molar-refractivity contribution in [1.82, 2.24) is 15.0 Å². The molecule has 0 aliphatic carbocycles. The molecule has 0 atom stereocenters. The second kappa shape index (κ2) is 5.84. The van der Waals surface area contributed by atoms with Gasteiger partial charge in [0.15, 0.2) is 6.29 Å². The number of hydrogen-bond donors (Lipinski definition) is 0. The quantitative estimate of drug-likeness (QED) is 0.790. The molecule has 0 aliphatic heterocycles. The Labute approximate surface area is 116 Å². The number of halogens is 1. The van der Waals surface area contributed by atoms with Gasteiger partial charge in [-0.15, -0.1) is 5.10 Å². The molecule has 100 valence electrons. The number of ether oxygens (including phenoxy) is 1. The number of aromatic nitrogens is 3. The average Bonchev–Trinajstić information content (AvgIpc) is 2.82. The second-order valence-electron chi connectivity index (χ2n) is 4.02. The number of benzene rings is 1. The molecule has 1 heterocycles. The number of carbonyl (C=O) groups excluding carboxylic acids is 1. The molecule has 0 aliphatic rings. The van der Waals surface area contributed by atoms with E-state index in [-0.39, 0.29) is 0 Å². The zero-order valence-corrected chi connectivity index (χ0v) is 11.5. The smallest absolute Gasteiger partial charge is 0.172 e. The van der Waals surface area contributed by atoms with Gasteiger partial charge in [-0.25, -0.2) is 4.68 Å². The standard InChI is InChI=1S/C13H14ClN3O2/c1-3-4-11-10(8-18)15-16-17(11)12-7-9(14)5-6-13(12)19-2/h5-8H,3-4H2,1-2H3. The van der Waals surface area contributed by atoms with Gasteiger partial charge in [-0.2, -0.15) is 0 Å². The number of nitrogens with zero attached hydrogens (tertiary/aromatic N) is 3. The summed E-state index contributed by atoms with van der Waals surface area (Å²) in [5, 5.41) is 8.47. The first-order valence-electron chi connectivity index (χ1n) is 5.95. The van der Waals surface area contributed by atoms with Crippen LogP contribution in [0.2, 0.25) is 5.02 Å². The highest BCUT2D eigenvalue weighted by Crippen LogP contribution is 2.27. The fourth-order valence-electron chi connectivity index (χ4n) is 1.90. The van der Waals surface area contributed by atoms with Crippen molar-refractivity contribution in [2.24, 2.45) is 0 Å². The molecule has 0 amide bonds. The first-order valence-corrected chi connectivity index (χ1v) is 6.32. The van der Waals surface area contributed by atoms with E-state index >= 15 is 0 Å². The first-order chi connectivity index (χ1) is 9.21. The summed E-state index contributed by atoms with van der Waals surface area (Å²) in [5.41, 5.74) is 1.79. The third-order valence-electron chi connectivity index (χ3n) is 2.76. The first kappa shape index (κ1) is 13.5. The van der Waals surface area contributed by atoms with E-state index in [0.29, 0.717) is 34.9 Å². The van der Waals surface area contributed by atoms with Crippen LogP contribution in [-0.2, 0) is 6.42 Å². The van der Waals surface area contributed by atoms with Gasteiger partial charge in [0.05, 0.1) is 12.8 Å². The van der Waals surface area contributed by atoms with E-state index in [1.807, 2.05) is 6.92 Å². The molecule has 1 aromatic heterocycles. The van der Waals surface area contributed by atoms with Crippen molar-refractivity contribution in [1.29, 1.82) is 0 Å². The van der Waals surface area contributed by atoms with Gasteiger partial charge >= 0.3 is 0 Å². The lowest BCUT2D eigenvalue weighted by atomic mass is 10.2. The Kier molecular flexibility index (Phi) is 4.16. The molecule has 0 unspecified atom stereocenters. The number of aldehydes is 1. The van der Waals surface area contributed by atoms with Gasteiger partial charge in [-0.05, 0) is 24.6 Å². The summed E-state index contributed by atoms with van der Waals surface area (Å²) < 4.78 is 6.90. The summed E-state index contributed by atoms with van der Waals surface area (Å²) in [6.07, 6.45) is 2.30. The minimum atomic E-state index is 0.351. The Balaban J connectivity index is 2.60. The Morgan fingerprint density at radius 1 is 1.47 bits per heavy atom. The molecule has 6 heteroatoms. The summed E-state index contributed by atoms with van der Waals surface area (Å²) in [5.74, 6) is 0.629. The van der Waals surface area contributed by atoms with Crippen LogP contribution in [0.5, 0.6) is 5.75 Å². The molecule has 0 saturated heterocycles. The molecule has 0 N–H and O–H groups in total. The predicted molar refractivity (Wildman–Crippen MR) is 72.3 cm³/mol. The topological polar surface area (TPSA) is 57.0 Å². The van der Waals surface area contributed by atoms with Crippen LogP contribution in [0.4, 0.5) is 0 Å². The Bertz CT molecular complexity index is 596. The molecule has 0 bridgehead atoms. The normalized spacial score (nSPS) is 10.5. The van der Waals surface area contributed by atoms with Crippen molar-refractivity contribution >= 4 is 17.9 Å². The van der Waals surface area contributed by atoms with Gasteiger partial charge in [-0.1, -0.05) is 30.2 Å². The third kappa shape index (κ3) is 2.61. The van der Waals surface area contributed by atoms with Crippen LogP contribution >= 0.6 is 11.6 Å². The molecule has 0 fully saturated rings. The third-order valence-corrected chi connectivity index (χ3v) is 3.00. The maximum atomic E-state index is 11.0. The van der Waals surface area contributed by atoms with Gasteiger partial charge < -0.3 is 4.74 Å². The van der Waals surface area contributed by atoms with E-state index in [4.69, 9.17) is 16.3 Å². The molecule has 2 aromatic rings. The Morgan fingerprint density at radius 2 is 2.26 bits per heavy atom. The molecule has 0 saturated carbocycles. The summed E-state index contributed by atoms with van der Waals surface area (Å²) >= 11 is 6.01. The number of hydrogen-bond acceptors (Lipinski definition) is 4. The number of carbonyl (C=O) groups is 1. The van der Waals surface area contributed by atoms with Gasteiger partial charge in [0.2, 0.25) is 0 Å². The Hall–Kier alpha value is -1.88. The van der Waals surface area contributed by atoms with Gasteiger partial charge in [0, 0.05) is 5.02 Å². The van der Waals surface area contributed by atoms with Crippen LogP contribution in [0.3, 0.4) is 0 Å². The molecule has 5 nitrogen and oxygen atoms in total. The van der Waals surface area contributed by atoms with Crippen LogP contribution in [-0.4, -0.2) is 28.4 Å². The maximum Gasteiger partial charge on any atom is 0.172 e. The second-order valence-corrected chi connectivity index (χ2v) is 4.45. The van der Waals surface area contributed by atoms with Gasteiger partial charge in [-0.3, -0.25) is 4.79 Å². The monoisotopic (exact) mass is 279 g/mol. The van der Waals surface area contributed by atoms with Crippen LogP contribution < -0.4 is 4.74 Å². The summed E-state index contributed by atoms with van der Waals surface area (Å²) in [6, 6.07) is 5.24. The number of rotatable bonds is 5. The molecule has 19 heavy (non-hydrogen) atoms. The summed E-state index contributed by atoms with van der Waals surface area (Å²) in [6.45, 7) is 2.03. The zero-order chi connectivity index (χ0) is 13.8. The lowest BCUT2D eigenvalue weighted by molar-refractivity contribution is 0.111. The molecular formula is C13H14ClN3O2. The van der Waals surface area contributed by atoms with E-state index in [9.17, 15) is 4.79 Å². The maximum absolute atomic E-state index is 11.0. The van der Waals surface area contributed by atoms with Crippen molar-refractivity contribution < 1.29 is 9.53 Å². The molecule has 2 rings (SSSR count). The SMILES string of the molecule is CCCc1c(C=O)nnn1-c1cc(Cl)ccc1OC. The molecule has 0 radical (unpaired) electrons. The minimum absolute atomic E-state index is 0.351. The zero-order valence-electron chi connectivity index (χ0n) is 10.8. The number of methoxy groups -OCH3 is 1. The molecule has 0 spiro atoms. The highest BCUT2D eigenvalue weighted by atomic mass is 35.5. The van der Waals surface area contributed by atoms with Crippen molar-refractivity contribution in [2.45, 2.75) is 19.8 Å². The fourth-order valence-corrected chi connectivity index (χ4v) is 2.06. The predicted octanol–water partition coefficient (Wildman–Crippen LogP) is 2.69. The lowest BCUT2D eigenvalue weighted by Crippen LogP contribution is -2.05. The van der Waals surface area contributed by atoms with E-state index in [2.05, 4.69) is 10.3 Å². The highest BCUT2D eigenvalue weighted by Gasteiger charge is 2.16. The van der Waals surface area contributed by atoms with Crippen molar-refractivity contribution in [3.63, 3.8) is 0 Å². The minimum Gasteiger partial charge on any atom is -0.494 e. The van der Waals surface area contributed by atoms with Crippen molar-refractivity contribution in [3.05, 3.63) is 34.6 Å². The Morgan fingerprint density at radius 3 is 2.89 bits per heavy atom. The highest BCUT2D eigenvalue weighted by molar-refractivity contribution is 6.30. The van der Waals surface area contributed by atoms with Crippen LogP contribution in [0.15, 0.2) is 18.2 Å². The molecular weight excluding hydrogens is 266 g/mol. The lowest BCUT2D eigenvalue weighted by Gasteiger charge is -2.11. The summed E-state index contributed by atoms with van der Waals surface area (Å²) in [7, 11) is 1.57. The van der Waals surface area contributed by atoms with Crippen molar-refractivity contribution in [2.75, 3.05) is 7.11 Å². The largest absolute Gasteiger partial charge is 0.494 e. The van der Waals surface area contributed by atoms with Gasteiger partial charge in [0.25, 0.3) is 0 Å². The van der Waals surface area contributed by atoms with Crippen LogP contribution in [0.25, 0.3) is 5.69 Å². The molecule has 1 aromatic carbocycles. The van der Waals surface area contributed by atoms with E-state index in [0.717, 1.165) is 12.1 Å². The average molecular weight is 280 g/mol. The van der Waals surface area contributed by atoms with Crippen molar-refractivity contribution in [3.8, 4) is 11.4 Å². The summed E-state index contributed by atoms with van der Waals surface area (Å²) in [4.78, 5) is 11.0. The van der Waals surface area contributed by atoms with Crippen LogP contribution in [0.1, 0.15) is 29.5 Å². The van der Waals surface area contributed by atoms with Gasteiger partial charge in [0.1, 0.15) is 17.1 Å².